The summed E-state index contributed by atoms with van der Waals surface area (Å²) in [6.45, 7) is 2.29. The molecule has 2 aromatic rings. The van der Waals surface area contributed by atoms with Crippen molar-refractivity contribution in [3.05, 3.63) is 48.0 Å². The van der Waals surface area contributed by atoms with Crippen LogP contribution >= 0.6 is 0 Å². The average Bonchev–Trinajstić information content (AvgIpc) is 3.03. The largest absolute Gasteiger partial charge is 0.393 e. The van der Waals surface area contributed by atoms with Crippen molar-refractivity contribution in [2.24, 2.45) is 11.8 Å². The summed E-state index contributed by atoms with van der Waals surface area (Å²) in [5, 5.41) is 13.0. The molecule has 2 fully saturated rings. The van der Waals surface area contributed by atoms with E-state index in [4.69, 9.17) is 0 Å². The number of hydrogen-bond donors (Lipinski definition) is 1. The van der Waals surface area contributed by atoms with Gasteiger partial charge in [-0.3, -0.25) is 0 Å². The van der Waals surface area contributed by atoms with Gasteiger partial charge in [-0.05, 0) is 53.9 Å². The highest BCUT2D eigenvalue weighted by Crippen LogP contribution is 2.58. The molecule has 2 aromatic carbocycles. The quantitative estimate of drug-likeness (QED) is 0.860. The van der Waals surface area contributed by atoms with Gasteiger partial charge in [0.1, 0.15) is 0 Å². The standard InChI is InChI=1S/C19H22O/c1-2-19(12-13-9-17(19)18(20)10-13)16-8-7-14-5-3-4-6-15(14)11-16/h3-8,11,13,17-18,20H,2,9-10,12H2,1H3. The van der Waals surface area contributed by atoms with Gasteiger partial charge in [0.05, 0.1) is 6.10 Å². The van der Waals surface area contributed by atoms with Crippen molar-refractivity contribution in [1.82, 2.24) is 0 Å². The zero-order chi connectivity index (χ0) is 13.7. The molecule has 2 aliphatic rings. The van der Waals surface area contributed by atoms with Crippen molar-refractivity contribution in [3.63, 3.8) is 0 Å². The molecule has 0 amide bonds. The summed E-state index contributed by atoms with van der Waals surface area (Å²) in [5.74, 6) is 1.21. The van der Waals surface area contributed by atoms with Gasteiger partial charge in [0.2, 0.25) is 0 Å². The predicted octanol–water partition coefficient (Wildman–Crippen LogP) is 4.28. The molecule has 4 atom stereocenters. The fourth-order valence-corrected chi connectivity index (χ4v) is 4.99. The first-order valence-corrected chi connectivity index (χ1v) is 7.90. The third kappa shape index (κ3) is 1.59. The van der Waals surface area contributed by atoms with Gasteiger partial charge < -0.3 is 5.11 Å². The Labute approximate surface area is 120 Å². The van der Waals surface area contributed by atoms with Gasteiger partial charge in [-0.15, -0.1) is 0 Å². The summed E-state index contributed by atoms with van der Waals surface area (Å²) in [5.41, 5.74) is 1.66. The molecule has 1 heteroatoms. The second-order valence-corrected chi connectivity index (χ2v) is 6.79. The smallest absolute Gasteiger partial charge is 0.0579 e. The fraction of sp³-hybridized carbons (Fsp3) is 0.474. The van der Waals surface area contributed by atoms with Gasteiger partial charge in [0.25, 0.3) is 0 Å². The summed E-state index contributed by atoms with van der Waals surface area (Å²) >= 11 is 0. The highest BCUT2D eigenvalue weighted by molar-refractivity contribution is 5.83. The van der Waals surface area contributed by atoms with Gasteiger partial charge in [0, 0.05) is 5.41 Å². The van der Waals surface area contributed by atoms with Crippen molar-refractivity contribution in [1.29, 1.82) is 0 Å². The number of rotatable bonds is 2. The maximum absolute atomic E-state index is 10.4. The maximum atomic E-state index is 10.4. The summed E-state index contributed by atoms with van der Waals surface area (Å²) in [4.78, 5) is 0. The number of aliphatic hydroxyl groups excluding tert-OH is 1. The summed E-state index contributed by atoms with van der Waals surface area (Å²) in [7, 11) is 0. The van der Waals surface area contributed by atoms with Crippen molar-refractivity contribution < 1.29 is 5.11 Å². The van der Waals surface area contributed by atoms with Gasteiger partial charge in [-0.1, -0.05) is 49.4 Å². The van der Waals surface area contributed by atoms with Gasteiger partial charge in [-0.25, -0.2) is 0 Å². The Morgan fingerprint density at radius 2 is 1.90 bits per heavy atom. The number of fused-ring (bicyclic) bond motifs is 3. The van der Waals surface area contributed by atoms with E-state index in [0.29, 0.717) is 5.92 Å². The van der Waals surface area contributed by atoms with Crippen molar-refractivity contribution in [2.75, 3.05) is 0 Å². The molecule has 0 aromatic heterocycles. The molecule has 4 unspecified atom stereocenters. The molecule has 2 bridgehead atoms. The molecule has 0 aliphatic heterocycles. The average molecular weight is 266 g/mol. The van der Waals surface area contributed by atoms with Crippen LogP contribution in [-0.4, -0.2) is 11.2 Å². The minimum Gasteiger partial charge on any atom is -0.393 e. The molecule has 20 heavy (non-hydrogen) atoms. The Morgan fingerprint density at radius 1 is 1.10 bits per heavy atom. The van der Waals surface area contributed by atoms with Crippen LogP contribution < -0.4 is 0 Å². The molecule has 2 aliphatic carbocycles. The van der Waals surface area contributed by atoms with E-state index < -0.39 is 0 Å². The van der Waals surface area contributed by atoms with Crippen LogP contribution in [0.2, 0.25) is 0 Å². The Balaban J connectivity index is 1.84. The van der Waals surface area contributed by atoms with Crippen LogP contribution in [0.4, 0.5) is 0 Å². The number of hydrogen-bond acceptors (Lipinski definition) is 1. The summed E-state index contributed by atoms with van der Waals surface area (Å²) < 4.78 is 0. The molecular weight excluding hydrogens is 244 g/mol. The van der Waals surface area contributed by atoms with E-state index in [1.54, 1.807) is 0 Å². The second-order valence-electron chi connectivity index (χ2n) is 6.79. The van der Waals surface area contributed by atoms with E-state index in [2.05, 4.69) is 49.4 Å². The highest BCUT2D eigenvalue weighted by Gasteiger charge is 2.54. The molecule has 0 spiro atoms. The van der Waals surface area contributed by atoms with E-state index in [1.807, 2.05) is 0 Å². The van der Waals surface area contributed by atoms with Crippen LogP contribution in [0.3, 0.4) is 0 Å². The van der Waals surface area contributed by atoms with E-state index in [-0.39, 0.29) is 11.5 Å². The van der Waals surface area contributed by atoms with Gasteiger partial charge in [0.15, 0.2) is 0 Å². The first-order chi connectivity index (χ1) is 9.73. The lowest BCUT2D eigenvalue weighted by molar-refractivity contribution is 0.0608. The second kappa shape index (κ2) is 4.33. The zero-order valence-corrected chi connectivity index (χ0v) is 12.0. The molecule has 1 N–H and O–H groups in total. The monoisotopic (exact) mass is 266 g/mol. The molecule has 1 nitrogen and oxygen atoms in total. The molecule has 4 rings (SSSR count). The minimum atomic E-state index is -0.0832. The molecular formula is C19H22O. The van der Waals surface area contributed by atoms with Gasteiger partial charge >= 0.3 is 0 Å². The predicted molar refractivity (Wildman–Crippen MR) is 82.8 cm³/mol. The lowest BCUT2D eigenvalue weighted by Crippen LogP contribution is -2.39. The topological polar surface area (TPSA) is 20.2 Å². The first kappa shape index (κ1) is 12.4. The van der Waals surface area contributed by atoms with E-state index in [1.165, 1.54) is 29.2 Å². The highest BCUT2D eigenvalue weighted by atomic mass is 16.3. The lowest BCUT2D eigenvalue weighted by atomic mass is 9.65. The SMILES string of the molecule is CCC1(c2ccc3ccccc3c2)CC2CC(O)C1C2. The Hall–Kier alpha value is -1.34. The molecule has 0 radical (unpaired) electrons. The zero-order valence-electron chi connectivity index (χ0n) is 12.0. The minimum absolute atomic E-state index is 0.0832. The van der Waals surface area contributed by atoms with Crippen LogP contribution in [0.1, 0.15) is 38.2 Å². The number of aliphatic hydroxyl groups is 1. The Morgan fingerprint density at radius 3 is 2.60 bits per heavy atom. The number of benzene rings is 2. The van der Waals surface area contributed by atoms with Crippen molar-refractivity contribution in [2.45, 2.75) is 44.1 Å². The third-order valence-corrected chi connectivity index (χ3v) is 5.94. The molecule has 0 saturated heterocycles. The van der Waals surface area contributed by atoms with Crippen molar-refractivity contribution in [3.8, 4) is 0 Å². The molecule has 2 saturated carbocycles. The van der Waals surface area contributed by atoms with E-state index >= 15 is 0 Å². The van der Waals surface area contributed by atoms with E-state index in [0.717, 1.165) is 18.8 Å². The van der Waals surface area contributed by atoms with Crippen LogP contribution in [-0.2, 0) is 5.41 Å². The fourth-order valence-electron chi connectivity index (χ4n) is 4.99. The summed E-state index contributed by atoms with van der Waals surface area (Å²) in [6, 6.07) is 15.5. The van der Waals surface area contributed by atoms with Crippen LogP contribution in [0.15, 0.2) is 42.5 Å². The van der Waals surface area contributed by atoms with Gasteiger partial charge in [-0.2, -0.15) is 0 Å². The Bertz CT molecular complexity index is 647. The van der Waals surface area contributed by atoms with Crippen LogP contribution in [0.25, 0.3) is 10.8 Å². The summed E-state index contributed by atoms with van der Waals surface area (Å²) in [6.07, 6.45) is 4.58. The maximum Gasteiger partial charge on any atom is 0.0579 e. The molecule has 0 heterocycles. The van der Waals surface area contributed by atoms with E-state index in [9.17, 15) is 5.11 Å². The van der Waals surface area contributed by atoms with Crippen molar-refractivity contribution >= 4 is 10.8 Å². The first-order valence-electron chi connectivity index (χ1n) is 7.90. The van der Waals surface area contributed by atoms with Crippen LogP contribution in [0, 0.1) is 11.8 Å². The normalized spacial score (nSPS) is 35.8. The van der Waals surface area contributed by atoms with Crippen LogP contribution in [0.5, 0.6) is 0 Å². The Kier molecular flexibility index (Phi) is 2.68. The third-order valence-electron chi connectivity index (χ3n) is 5.94. The molecule has 104 valence electrons. The lowest BCUT2D eigenvalue weighted by Gasteiger charge is -2.40.